The van der Waals surface area contributed by atoms with E-state index in [1.54, 1.807) is 6.08 Å². The third-order valence-corrected chi connectivity index (χ3v) is 2.89. The van der Waals surface area contributed by atoms with Gasteiger partial charge in [-0.25, -0.2) is 17.2 Å². The lowest BCUT2D eigenvalue weighted by Crippen LogP contribution is -2.28. The summed E-state index contributed by atoms with van der Waals surface area (Å²) in [6.07, 6.45) is -0.801. The van der Waals surface area contributed by atoms with Crippen LogP contribution in [0.3, 0.4) is 0 Å². The van der Waals surface area contributed by atoms with Crippen molar-refractivity contribution in [2.75, 3.05) is 12.4 Å². The van der Waals surface area contributed by atoms with Crippen LogP contribution >= 0.6 is 0 Å². The molecule has 15 heavy (non-hydrogen) atoms. The molecule has 0 saturated carbocycles. The lowest BCUT2D eigenvalue weighted by Gasteiger charge is -2.21. The van der Waals surface area contributed by atoms with Gasteiger partial charge in [0.15, 0.2) is 0 Å². The van der Waals surface area contributed by atoms with E-state index in [1.165, 1.54) is 6.08 Å². The molecule has 0 radical (unpaired) electrons. The van der Waals surface area contributed by atoms with Crippen molar-refractivity contribution in [2.45, 2.75) is 19.0 Å². The predicted octanol–water partition coefficient (Wildman–Crippen LogP) is 0.758. The van der Waals surface area contributed by atoms with E-state index >= 15 is 0 Å². The number of halogens is 2. The number of hydrogen-bond donors (Lipinski definition) is 0. The molecule has 0 N–H and O–H groups in total. The van der Waals surface area contributed by atoms with Crippen LogP contribution in [-0.4, -0.2) is 37.9 Å². The van der Waals surface area contributed by atoms with Crippen molar-refractivity contribution in [3.8, 4) is 0 Å². The van der Waals surface area contributed by atoms with E-state index in [9.17, 15) is 21.8 Å². The maximum Gasteiger partial charge on any atom is 0.244 e. The summed E-state index contributed by atoms with van der Waals surface area (Å²) in [6.45, 7) is 0.248. The van der Waals surface area contributed by atoms with Gasteiger partial charge in [-0.15, -0.1) is 0 Å². The first-order valence-electron chi connectivity index (χ1n) is 4.40. The molecule has 0 spiro atoms. The Morgan fingerprint density at radius 2 is 2.20 bits per heavy atom. The number of rotatable bonds is 5. The molecule has 0 bridgehead atoms. The third kappa shape index (κ3) is 4.23. The molecule has 0 fully saturated rings. The largest absolute Gasteiger partial charge is 0.748 e. The van der Waals surface area contributed by atoms with Crippen LogP contribution < -0.4 is 0 Å². The molecule has 0 unspecified atom stereocenters. The smallest absolute Gasteiger partial charge is 0.244 e. The summed E-state index contributed by atoms with van der Waals surface area (Å²) in [4.78, 5) is 0. The minimum atomic E-state index is -4.45. The topological polar surface area (TPSA) is 66.4 Å². The van der Waals surface area contributed by atoms with Crippen LogP contribution in [0.4, 0.5) is 8.78 Å². The summed E-state index contributed by atoms with van der Waals surface area (Å²) in [5.41, 5.74) is 0. The molecule has 7 heteroatoms. The minimum absolute atomic E-state index is 0.248. The highest BCUT2D eigenvalue weighted by molar-refractivity contribution is 7.85. The van der Waals surface area contributed by atoms with Crippen molar-refractivity contribution < 1.29 is 26.5 Å². The molecule has 0 saturated heterocycles. The van der Waals surface area contributed by atoms with Crippen molar-refractivity contribution in [2.24, 2.45) is 5.92 Å². The summed E-state index contributed by atoms with van der Waals surface area (Å²) >= 11 is 0. The van der Waals surface area contributed by atoms with E-state index in [-0.39, 0.29) is 13.0 Å². The van der Waals surface area contributed by atoms with Crippen LogP contribution in [0.5, 0.6) is 0 Å². The van der Waals surface area contributed by atoms with Gasteiger partial charge in [0.2, 0.25) is 6.43 Å². The van der Waals surface area contributed by atoms with Crippen molar-refractivity contribution in [1.82, 2.24) is 0 Å². The average molecular weight is 241 g/mol. The first-order valence-corrected chi connectivity index (χ1v) is 5.98. The van der Waals surface area contributed by atoms with Crippen LogP contribution in [0.15, 0.2) is 12.2 Å². The van der Waals surface area contributed by atoms with Crippen LogP contribution in [-0.2, 0) is 14.9 Å². The van der Waals surface area contributed by atoms with E-state index in [4.69, 9.17) is 4.74 Å². The molecular formula is C8H11F2O4S-. The van der Waals surface area contributed by atoms with E-state index in [1.807, 2.05) is 0 Å². The summed E-state index contributed by atoms with van der Waals surface area (Å²) in [6, 6.07) is 0. The zero-order valence-corrected chi connectivity index (χ0v) is 8.62. The lowest BCUT2D eigenvalue weighted by atomic mass is 10.0. The molecule has 0 amide bonds. The Labute approximate surface area is 86.7 Å². The van der Waals surface area contributed by atoms with Crippen LogP contribution in [0.2, 0.25) is 0 Å². The van der Waals surface area contributed by atoms with Gasteiger partial charge in [0.1, 0.15) is 0 Å². The second-order valence-electron chi connectivity index (χ2n) is 3.27. The van der Waals surface area contributed by atoms with Gasteiger partial charge < -0.3 is 9.29 Å². The standard InChI is InChI=1S/C8H12F2O4S/c9-8(10)6(3-5-15(11,12)13)7-2-1-4-14-7/h1-2,6-8H,3-5H2,(H,11,12,13)/p-1/t6-,7-/m0/s1. The molecule has 0 aliphatic carbocycles. The third-order valence-electron chi connectivity index (χ3n) is 2.16. The van der Waals surface area contributed by atoms with Crippen molar-refractivity contribution in [1.29, 1.82) is 0 Å². The minimum Gasteiger partial charge on any atom is -0.748 e. The van der Waals surface area contributed by atoms with E-state index in [0.29, 0.717) is 0 Å². The fraction of sp³-hybridized carbons (Fsp3) is 0.750. The Balaban J connectivity index is 2.55. The summed E-state index contributed by atoms with van der Waals surface area (Å²) in [5, 5.41) is 0. The average Bonchev–Trinajstić information content (AvgIpc) is 2.54. The van der Waals surface area contributed by atoms with Gasteiger partial charge in [-0.2, -0.15) is 0 Å². The SMILES string of the molecule is O=S(=O)([O-])CC[C@H](C(F)F)[C@@H]1C=CCO1. The van der Waals surface area contributed by atoms with Crippen LogP contribution in [0.1, 0.15) is 6.42 Å². The molecule has 1 aliphatic heterocycles. The molecule has 1 rings (SSSR count). The van der Waals surface area contributed by atoms with Crippen LogP contribution in [0, 0.1) is 5.92 Å². The molecule has 0 aromatic rings. The summed E-state index contributed by atoms with van der Waals surface area (Å²) < 4.78 is 60.9. The van der Waals surface area contributed by atoms with Gasteiger partial charge in [0.05, 0.1) is 28.7 Å². The zero-order valence-electron chi connectivity index (χ0n) is 7.81. The van der Waals surface area contributed by atoms with E-state index in [0.717, 1.165) is 0 Å². The highest BCUT2D eigenvalue weighted by atomic mass is 32.2. The zero-order chi connectivity index (χ0) is 11.5. The lowest BCUT2D eigenvalue weighted by molar-refractivity contribution is -0.0114. The second-order valence-corrected chi connectivity index (χ2v) is 4.80. The highest BCUT2D eigenvalue weighted by Crippen LogP contribution is 2.24. The van der Waals surface area contributed by atoms with Gasteiger partial charge >= 0.3 is 0 Å². The molecule has 2 atom stereocenters. The van der Waals surface area contributed by atoms with Gasteiger partial charge in [-0.05, 0) is 6.42 Å². The number of hydrogen-bond acceptors (Lipinski definition) is 4. The second kappa shape index (κ2) is 5.00. The van der Waals surface area contributed by atoms with Crippen LogP contribution in [0.25, 0.3) is 0 Å². The van der Waals surface area contributed by atoms with Gasteiger partial charge in [0, 0.05) is 5.75 Å². The molecule has 4 nitrogen and oxygen atoms in total. The Bertz CT molecular complexity index is 326. The normalized spacial score (nSPS) is 23.6. The molecule has 88 valence electrons. The van der Waals surface area contributed by atoms with Gasteiger partial charge in [-0.1, -0.05) is 12.2 Å². The van der Waals surface area contributed by atoms with E-state index in [2.05, 4.69) is 0 Å². The predicted molar refractivity (Wildman–Crippen MR) is 47.6 cm³/mol. The highest BCUT2D eigenvalue weighted by Gasteiger charge is 2.30. The summed E-state index contributed by atoms with van der Waals surface area (Å²) in [7, 11) is -4.45. The maximum absolute atomic E-state index is 12.5. The molecule has 1 aliphatic rings. The Morgan fingerprint density at radius 3 is 2.60 bits per heavy atom. The Hall–Kier alpha value is -0.530. The molecule has 0 aromatic carbocycles. The van der Waals surface area contributed by atoms with Gasteiger partial charge in [0.25, 0.3) is 0 Å². The first-order chi connectivity index (χ1) is 6.90. The van der Waals surface area contributed by atoms with E-state index < -0.39 is 34.3 Å². The molecule has 0 aromatic heterocycles. The molecular weight excluding hydrogens is 230 g/mol. The molecule has 1 heterocycles. The van der Waals surface area contributed by atoms with Crippen molar-refractivity contribution in [3.05, 3.63) is 12.2 Å². The Kier molecular flexibility index (Phi) is 4.18. The Morgan fingerprint density at radius 1 is 1.53 bits per heavy atom. The fourth-order valence-corrected chi connectivity index (χ4v) is 1.95. The first kappa shape index (κ1) is 12.5. The number of ether oxygens (including phenoxy) is 1. The monoisotopic (exact) mass is 241 g/mol. The van der Waals surface area contributed by atoms with Crippen molar-refractivity contribution in [3.63, 3.8) is 0 Å². The summed E-state index contributed by atoms with van der Waals surface area (Å²) in [5.74, 6) is -2.01. The van der Waals surface area contributed by atoms with Crippen molar-refractivity contribution >= 4 is 10.1 Å². The van der Waals surface area contributed by atoms with Gasteiger partial charge in [-0.3, -0.25) is 0 Å². The fourth-order valence-electron chi connectivity index (χ4n) is 1.39. The quantitative estimate of drug-likeness (QED) is 0.526. The number of alkyl halides is 2. The maximum atomic E-state index is 12.5.